The van der Waals surface area contributed by atoms with Crippen molar-refractivity contribution in [3.05, 3.63) is 34.3 Å². The van der Waals surface area contributed by atoms with Gasteiger partial charge in [-0.15, -0.1) is 0 Å². The first-order valence-electron chi connectivity index (χ1n) is 7.96. The van der Waals surface area contributed by atoms with Crippen LogP contribution in [0.25, 0.3) is 0 Å². The summed E-state index contributed by atoms with van der Waals surface area (Å²) in [4.78, 5) is 2.54. The first-order chi connectivity index (χ1) is 10.1. The molecule has 0 radical (unpaired) electrons. The number of nitrogens with zero attached hydrogens (tertiary/aromatic N) is 1. The molecule has 1 saturated heterocycles. The van der Waals surface area contributed by atoms with Crippen LogP contribution in [0.1, 0.15) is 32.3 Å². The summed E-state index contributed by atoms with van der Waals surface area (Å²) in [5.74, 6) is 0. The second kappa shape index (κ2) is 8.89. The fourth-order valence-corrected chi connectivity index (χ4v) is 3.15. The van der Waals surface area contributed by atoms with Crippen molar-refractivity contribution < 1.29 is 4.74 Å². The summed E-state index contributed by atoms with van der Waals surface area (Å²) in [5, 5.41) is 3.52. The quantitative estimate of drug-likeness (QED) is 0.759. The monoisotopic (exact) mass is 354 g/mol. The Kier molecular flexibility index (Phi) is 7.17. The molecule has 2 rings (SSSR count). The molecule has 1 aromatic carbocycles. The molecule has 0 unspecified atom stereocenters. The van der Waals surface area contributed by atoms with Crippen LogP contribution in [-0.4, -0.2) is 43.3 Å². The standard InChI is InChI=1S/C17H27BrN2O/c1-14-12-20(13-15(2)21-14)10-4-3-9-19-11-16-5-7-17(18)8-6-16/h5-8,14-15,19H,3-4,9-13H2,1-2H3/t14-,15-/m1/s1. The smallest absolute Gasteiger partial charge is 0.0678 e. The van der Waals surface area contributed by atoms with E-state index in [2.05, 4.69) is 64.3 Å². The Labute approximate surface area is 137 Å². The van der Waals surface area contributed by atoms with Gasteiger partial charge < -0.3 is 10.1 Å². The first kappa shape index (κ1) is 16.9. The van der Waals surface area contributed by atoms with Gasteiger partial charge in [-0.25, -0.2) is 0 Å². The predicted octanol–water partition coefficient (Wildman–Crippen LogP) is 3.43. The van der Waals surface area contributed by atoms with Crippen LogP contribution in [-0.2, 0) is 11.3 Å². The molecule has 118 valence electrons. The zero-order valence-electron chi connectivity index (χ0n) is 13.1. The Morgan fingerprint density at radius 3 is 2.48 bits per heavy atom. The highest BCUT2D eigenvalue weighted by Gasteiger charge is 2.21. The number of morpholine rings is 1. The van der Waals surface area contributed by atoms with E-state index in [-0.39, 0.29) is 0 Å². The number of ether oxygens (including phenoxy) is 1. The second-order valence-corrected chi connectivity index (χ2v) is 6.94. The molecule has 0 amide bonds. The van der Waals surface area contributed by atoms with Gasteiger partial charge in [0.25, 0.3) is 0 Å². The van der Waals surface area contributed by atoms with Gasteiger partial charge in [-0.05, 0) is 57.5 Å². The lowest BCUT2D eigenvalue weighted by Gasteiger charge is -2.35. The predicted molar refractivity (Wildman–Crippen MR) is 91.5 cm³/mol. The number of rotatable bonds is 7. The van der Waals surface area contributed by atoms with Crippen molar-refractivity contribution in [2.24, 2.45) is 0 Å². The van der Waals surface area contributed by atoms with Crippen LogP contribution in [0.4, 0.5) is 0 Å². The van der Waals surface area contributed by atoms with Crippen molar-refractivity contribution in [2.75, 3.05) is 26.2 Å². The summed E-state index contributed by atoms with van der Waals surface area (Å²) in [6, 6.07) is 8.51. The molecule has 1 N–H and O–H groups in total. The van der Waals surface area contributed by atoms with Crippen molar-refractivity contribution in [1.82, 2.24) is 10.2 Å². The Hall–Kier alpha value is -0.420. The number of benzene rings is 1. The minimum absolute atomic E-state index is 0.379. The van der Waals surface area contributed by atoms with E-state index in [9.17, 15) is 0 Å². The minimum atomic E-state index is 0.379. The van der Waals surface area contributed by atoms with E-state index < -0.39 is 0 Å². The number of halogens is 1. The van der Waals surface area contributed by atoms with Crippen molar-refractivity contribution in [3.8, 4) is 0 Å². The second-order valence-electron chi connectivity index (χ2n) is 6.03. The van der Waals surface area contributed by atoms with Gasteiger partial charge in [-0.3, -0.25) is 4.90 Å². The van der Waals surface area contributed by atoms with Gasteiger partial charge in [0.2, 0.25) is 0 Å². The number of unbranched alkanes of at least 4 members (excludes halogenated alkanes) is 1. The average Bonchev–Trinajstić information content (AvgIpc) is 2.43. The summed E-state index contributed by atoms with van der Waals surface area (Å²) in [7, 11) is 0. The van der Waals surface area contributed by atoms with Crippen LogP contribution in [0.5, 0.6) is 0 Å². The average molecular weight is 355 g/mol. The number of hydrogen-bond acceptors (Lipinski definition) is 3. The molecule has 1 aliphatic rings. The van der Waals surface area contributed by atoms with Crippen molar-refractivity contribution in [3.63, 3.8) is 0 Å². The van der Waals surface area contributed by atoms with E-state index in [0.717, 1.165) is 30.7 Å². The highest BCUT2D eigenvalue weighted by molar-refractivity contribution is 9.10. The molecule has 0 aromatic heterocycles. The van der Waals surface area contributed by atoms with Crippen LogP contribution in [0, 0.1) is 0 Å². The Bertz CT molecular complexity index is 400. The molecular formula is C17H27BrN2O. The third-order valence-electron chi connectivity index (χ3n) is 3.82. The van der Waals surface area contributed by atoms with Crippen molar-refractivity contribution in [1.29, 1.82) is 0 Å². The van der Waals surface area contributed by atoms with E-state index in [1.807, 2.05) is 0 Å². The van der Waals surface area contributed by atoms with E-state index in [1.54, 1.807) is 0 Å². The summed E-state index contributed by atoms with van der Waals surface area (Å²) in [6.45, 7) is 9.74. The Morgan fingerprint density at radius 2 is 1.81 bits per heavy atom. The lowest BCUT2D eigenvalue weighted by molar-refractivity contribution is -0.0681. The van der Waals surface area contributed by atoms with E-state index in [0.29, 0.717) is 12.2 Å². The minimum Gasteiger partial charge on any atom is -0.373 e. The van der Waals surface area contributed by atoms with Gasteiger partial charge in [-0.1, -0.05) is 28.1 Å². The summed E-state index contributed by atoms with van der Waals surface area (Å²) in [5.41, 5.74) is 1.34. The van der Waals surface area contributed by atoms with Gasteiger partial charge in [0.15, 0.2) is 0 Å². The molecule has 0 saturated carbocycles. The Balaban J connectivity index is 1.53. The van der Waals surface area contributed by atoms with Crippen LogP contribution in [0.2, 0.25) is 0 Å². The molecular weight excluding hydrogens is 328 g/mol. The topological polar surface area (TPSA) is 24.5 Å². The lowest BCUT2D eigenvalue weighted by atomic mass is 10.2. The normalized spacial score (nSPS) is 23.4. The third kappa shape index (κ3) is 6.47. The summed E-state index contributed by atoms with van der Waals surface area (Å²) >= 11 is 3.46. The molecule has 1 aliphatic heterocycles. The maximum absolute atomic E-state index is 5.76. The summed E-state index contributed by atoms with van der Waals surface area (Å²) < 4.78 is 6.90. The molecule has 0 bridgehead atoms. The van der Waals surface area contributed by atoms with Crippen molar-refractivity contribution in [2.45, 2.75) is 45.4 Å². The highest BCUT2D eigenvalue weighted by Crippen LogP contribution is 2.11. The van der Waals surface area contributed by atoms with Crippen LogP contribution < -0.4 is 5.32 Å². The van der Waals surface area contributed by atoms with E-state index in [4.69, 9.17) is 4.74 Å². The maximum Gasteiger partial charge on any atom is 0.0678 e. The van der Waals surface area contributed by atoms with Gasteiger partial charge in [0.05, 0.1) is 12.2 Å². The van der Waals surface area contributed by atoms with Crippen LogP contribution >= 0.6 is 15.9 Å². The fourth-order valence-electron chi connectivity index (χ4n) is 2.89. The molecule has 3 nitrogen and oxygen atoms in total. The fraction of sp³-hybridized carbons (Fsp3) is 0.647. The van der Waals surface area contributed by atoms with E-state index >= 15 is 0 Å². The van der Waals surface area contributed by atoms with Gasteiger partial charge in [0, 0.05) is 24.1 Å². The molecule has 1 aromatic rings. The maximum atomic E-state index is 5.76. The van der Waals surface area contributed by atoms with Gasteiger partial charge >= 0.3 is 0 Å². The third-order valence-corrected chi connectivity index (χ3v) is 4.34. The van der Waals surface area contributed by atoms with Gasteiger partial charge in [0.1, 0.15) is 0 Å². The first-order valence-corrected chi connectivity index (χ1v) is 8.76. The number of nitrogens with one attached hydrogen (secondary N) is 1. The molecule has 21 heavy (non-hydrogen) atoms. The van der Waals surface area contributed by atoms with Gasteiger partial charge in [-0.2, -0.15) is 0 Å². The number of hydrogen-bond donors (Lipinski definition) is 1. The lowest BCUT2D eigenvalue weighted by Crippen LogP contribution is -2.45. The zero-order chi connectivity index (χ0) is 15.1. The molecule has 1 fully saturated rings. The molecule has 4 heteroatoms. The van der Waals surface area contributed by atoms with Crippen LogP contribution in [0.3, 0.4) is 0 Å². The Morgan fingerprint density at radius 1 is 1.14 bits per heavy atom. The molecule has 2 atom stereocenters. The molecule has 1 heterocycles. The molecule has 0 spiro atoms. The largest absolute Gasteiger partial charge is 0.373 e. The van der Waals surface area contributed by atoms with Crippen molar-refractivity contribution >= 4 is 15.9 Å². The van der Waals surface area contributed by atoms with E-state index in [1.165, 1.54) is 24.9 Å². The summed E-state index contributed by atoms with van der Waals surface area (Å²) in [6.07, 6.45) is 3.25. The highest BCUT2D eigenvalue weighted by atomic mass is 79.9. The SMILES string of the molecule is C[C@@H]1CN(CCCCNCc2ccc(Br)cc2)C[C@@H](C)O1. The van der Waals surface area contributed by atoms with Crippen LogP contribution in [0.15, 0.2) is 28.7 Å². The zero-order valence-corrected chi connectivity index (χ0v) is 14.7. The molecule has 0 aliphatic carbocycles.